The van der Waals surface area contributed by atoms with Gasteiger partial charge in [-0.15, -0.1) is 0 Å². The summed E-state index contributed by atoms with van der Waals surface area (Å²) in [4.78, 5) is 40.0. The SMILES string of the molecule is CCCCCCCCCCCCCCCC(=O)OCC(COP(=O)(O)OCCN)OC(=O)CCCCCCCCCCCC1=N/C(=C\c2c(-c3ccccc3)cc(-c3ccccc3)n2B(F)F)C=C1. The van der Waals surface area contributed by atoms with E-state index in [9.17, 15) is 27.7 Å². The summed E-state index contributed by atoms with van der Waals surface area (Å²) < 4.78 is 63.5. The van der Waals surface area contributed by atoms with E-state index in [0.717, 1.165) is 104 Å². The Morgan fingerprint density at radius 2 is 1.23 bits per heavy atom. The van der Waals surface area contributed by atoms with Crippen LogP contribution in [0, 0.1) is 0 Å². The highest BCUT2D eigenvalue weighted by Crippen LogP contribution is 2.43. The molecule has 2 heterocycles. The van der Waals surface area contributed by atoms with E-state index in [1.54, 1.807) is 6.08 Å². The van der Waals surface area contributed by atoms with Crippen LogP contribution in [0.25, 0.3) is 28.5 Å². The summed E-state index contributed by atoms with van der Waals surface area (Å²) in [5.41, 5.74) is 10.2. The summed E-state index contributed by atoms with van der Waals surface area (Å²) in [6.07, 6.45) is 30.3. The van der Waals surface area contributed by atoms with E-state index in [-0.39, 0.29) is 32.6 Å². The maximum Gasteiger partial charge on any atom is 0.678 e. The van der Waals surface area contributed by atoms with Crippen molar-refractivity contribution in [1.29, 1.82) is 0 Å². The third kappa shape index (κ3) is 23.5. The molecule has 0 saturated heterocycles. The Morgan fingerprint density at radius 1 is 0.710 bits per heavy atom. The fourth-order valence-electron chi connectivity index (χ4n) is 8.46. The lowest BCUT2D eigenvalue weighted by Gasteiger charge is -2.19. The smallest absolute Gasteiger partial charge is 0.462 e. The number of carbonyl (C=O) groups is 2. The highest BCUT2D eigenvalue weighted by atomic mass is 31.2. The fraction of sp³-hybridized carbons (Fsp3) is 0.574. The molecule has 3 aromatic rings. The van der Waals surface area contributed by atoms with Crippen LogP contribution in [0.5, 0.6) is 0 Å². The Bertz CT molecular complexity index is 2050. The molecule has 0 spiro atoms. The molecule has 0 saturated carbocycles. The minimum absolute atomic E-state index is 0.0272. The van der Waals surface area contributed by atoms with Crippen molar-refractivity contribution in [2.45, 2.75) is 174 Å². The number of nitrogens with two attached hydrogens (primary N) is 1. The standard InChI is InChI=1S/C54H79BF2N3O8P/c1-2-3-4-5-6-7-8-9-10-13-16-19-28-35-53(61)65-43-49(44-67-69(63,64)66-40-39-58)68-54(62)36-29-20-17-14-11-12-15-18-27-34-47-37-38-48(59-47)41-52-50(45-30-23-21-24-31-45)42-51(60(52)55(56)57)46-32-25-22-26-33-46/h21-26,30-33,37-38,41-42,49H,2-20,27-29,34-36,39-40,43-44,58H2,1H3,(H,63,64)/b48-41-. The van der Waals surface area contributed by atoms with Crippen LogP contribution in [0.3, 0.4) is 0 Å². The van der Waals surface area contributed by atoms with Crippen molar-refractivity contribution in [3.8, 4) is 22.4 Å². The van der Waals surface area contributed by atoms with Crippen LogP contribution in [-0.2, 0) is 32.7 Å². The van der Waals surface area contributed by atoms with Gasteiger partial charge in [-0.05, 0) is 61.1 Å². The van der Waals surface area contributed by atoms with E-state index >= 15 is 0 Å². The largest absolute Gasteiger partial charge is 0.678 e. The Morgan fingerprint density at radius 3 is 1.78 bits per heavy atom. The number of nitrogens with zero attached hydrogens (tertiary/aromatic N) is 2. The number of unbranched alkanes of at least 4 members (excludes halogenated alkanes) is 20. The zero-order valence-corrected chi connectivity index (χ0v) is 42.1. The van der Waals surface area contributed by atoms with E-state index in [0.29, 0.717) is 29.9 Å². The predicted octanol–water partition coefficient (Wildman–Crippen LogP) is 14.3. The molecule has 2 atom stereocenters. The van der Waals surface area contributed by atoms with E-state index in [1.165, 1.54) is 57.8 Å². The van der Waals surface area contributed by atoms with Gasteiger partial charge < -0.3 is 24.6 Å². The second kappa shape index (κ2) is 34.2. The first-order valence-corrected chi connectivity index (χ1v) is 27.4. The van der Waals surface area contributed by atoms with E-state index in [2.05, 4.69) is 6.92 Å². The third-order valence-corrected chi connectivity index (χ3v) is 13.2. The van der Waals surface area contributed by atoms with Crippen molar-refractivity contribution in [1.82, 2.24) is 4.48 Å². The average Bonchev–Trinajstić information content (AvgIpc) is 3.97. The van der Waals surface area contributed by atoms with E-state index in [4.69, 9.17) is 29.2 Å². The maximum atomic E-state index is 14.7. The van der Waals surface area contributed by atoms with Gasteiger partial charge in [-0.1, -0.05) is 190 Å². The number of benzene rings is 2. The average molecular weight is 978 g/mol. The summed E-state index contributed by atoms with van der Waals surface area (Å²) in [5.74, 6) is -0.903. The minimum atomic E-state index is -4.43. The fourth-order valence-corrected chi connectivity index (χ4v) is 9.23. The Kier molecular flexibility index (Phi) is 28.4. The summed E-state index contributed by atoms with van der Waals surface area (Å²) >= 11 is 0. The summed E-state index contributed by atoms with van der Waals surface area (Å²) in [6.45, 7) is 1.33. The van der Waals surface area contributed by atoms with Gasteiger partial charge in [-0.2, -0.15) is 0 Å². The molecule has 0 bridgehead atoms. The summed E-state index contributed by atoms with van der Waals surface area (Å²) in [6, 6.07) is 20.7. The number of halogens is 2. The Hall–Kier alpha value is -4.20. The first-order valence-electron chi connectivity index (χ1n) is 25.9. The van der Waals surface area contributed by atoms with Gasteiger partial charge in [0.25, 0.3) is 0 Å². The first kappa shape index (κ1) is 57.4. The van der Waals surface area contributed by atoms with Crippen molar-refractivity contribution < 1.29 is 46.2 Å². The van der Waals surface area contributed by atoms with Gasteiger partial charge in [0.2, 0.25) is 0 Å². The molecular formula is C54H79BF2N3O8P. The van der Waals surface area contributed by atoms with E-state index in [1.807, 2.05) is 78.9 Å². The number of rotatable bonds is 39. The molecule has 2 aromatic carbocycles. The molecule has 3 N–H and O–H groups in total. The van der Waals surface area contributed by atoms with Crippen LogP contribution in [0.4, 0.5) is 8.63 Å². The van der Waals surface area contributed by atoms with E-state index < -0.39 is 39.9 Å². The Labute approximate surface area is 411 Å². The summed E-state index contributed by atoms with van der Waals surface area (Å²) in [5, 5.41) is 0. The number of esters is 2. The molecule has 0 aliphatic carbocycles. The summed E-state index contributed by atoms with van der Waals surface area (Å²) in [7, 11) is -7.16. The number of ether oxygens (including phenoxy) is 2. The maximum absolute atomic E-state index is 14.7. The molecule has 0 radical (unpaired) electrons. The molecule has 1 aliphatic rings. The molecule has 0 amide bonds. The number of phosphoric ester groups is 1. The number of aliphatic imine (C=N–C) groups is 1. The van der Waals surface area contributed by atoms with Crippen molar-refractivity contribution in [2.24, 2.45) is 10.7 Å². The van der Waals surface area contributed by atoms with Crippen LogP contribution < -0.4 is 5.73 Å². The highest BCUT2D eigenvalue weighted by Gasteiger charge is 2.28. The van der Waals surface area contributed by atoms with Crippen LogP contribution in [0.15, 0.2) is 89.6 Å². The molecular weight excluding hydrogens is 898 g/mol. The van der Waals surface area contributed by atoms with Gasteiger partial charge in [-0.25, -0.2) is 4.57 Å². The van der Waals surface area contributed by atoms with Gasteiger partial charge in [0.15, 0.2) is 6.10 Å². The lowest BCUT2D eigenvalue weighted by atomic mass is 10.0. The zero-order valence-electron chi connectivity index (χ0n) is 41.2. The van der Waals surface area contributed by atoms with Crippen molar-refractivity contribution in [3.63, 3.8) is 0 Å². The monoisotopic (exact) mass is 978 g/mol. The Balaban J connectivity index is 1.09. The van der Waals surface area contributed by atoms with Gasteiger partial charge in [0.1, 0.15) is 6.61 Å². The number of carbonyl (C=O) groups excluding carboxylic acids is 2. The minimum Gasteiger partial charge on any atom is -0.462 e. The van der Waals surface area contributed by atoms with Crippen LogP contribution >= 0.6 is 7.82 Å². The topological polar surface area (TPSA) is 152 Å². The van der Waals surface area contributed by atoms with Crippen LogP contribution in [-0.4, -0.2) is 66.9 Å². The second-order valence-corrected chi connectivity index (χ2v) is 19.5. The molecule has 4 rings (SSSR count). The first-order chi connectivity index (χ1) is 33.6. The van der Waals surface area contributed by atoms with Crippen molar-refractivity contribution in [2.75, 3.05) is 26.4 Å². The quantitative estimate of drug-likeness (QED) is 0.0246. The van der Waals surface area contributed by atoms with Gasteiger partial charge in [0.05, 0.1) is 18.9 Å². The molecule has 1 aromatic heterocycles. The number of hydrogen-bond donors (Lipinski definition) is 2. The lowest BCUT2D eigenvalue weighted by Crippen LogP contribution is -2.29. The van der Waals surface area contributed by atoms with Crippen LogP contribution in [0.2, 0.25) is 0 Å². The lowest BCUT2D eigenvalue weighted by molar-refractivity contribution is -0.161. The van der Waals surface area contributed by atoms with Gasteiger partial charge >= 0.3 is 27.2 Å². The molecule has 11 nitrogen and oxygen atoms in total. The predicted molar refractivity (Wildman–Crippen MR) is 276 cm³/mol. The normalized spacial score (nSPS) is 14.2. The van der Waals surface area contributed by atoms with Gasteiger partial charge in [0, 0.05) is 42.0 Å². The second-order valence-electron chi connectivity index (χ2n) is 18.1. The van der Waals surface area contributed by atoms with Gasteiger partial charge in [-0.3, -0.25) is 32.3 Å². The molecule has 15 heteroatoms. The van der Waals surface area contributed by atoms with Crippen molar-refractivity contribution >= 4 is 39.0 Å². The third-order valence-electron chi connectivity index (χ3n) is 12.3. The highest BCUT2D eigenvalue weighted by molar-refractivity contribution is 7.47. The number of allylic oxidation sites excluding steroid dienone is 2. The van der Waals surface area contributed by atoms with Crippen molar-refractivity contribution in [3.05, 3.63) is 90.3 Å². The molecule has 2 unspecified atom stereocenters. The number of hydrogen-bond acceptors (Lipinski definition) is 9. The molecule has 380 valence electrons. The molecule has 0 fully saturated rings. The number of phosphoric acid groups is 1. The number of aromatic nitrogens is 1. The zero-order chi connectivity index (χ0) is 49.4. The molecule has 1 aliphatic heterocycles. The van der Waals surface area contributed by atoms with Crippen LogP contribution in [0.1, 0.15) is 173 Å². The molecule has 69 heavy (non-hydrogen) atoms.